The number of rotatable bonds is 2. The molecule has 0 aliphatic carbocycles. The van der Waals surface area contributed by atoms with Crippen LogP contribution >= 0.6 is 7.82 Å². The Bertz CT molecular complexity index is 621. The van der Waals surface area contributed by atoms with E-state index in [0.717, 1.165) is 0 Å². The summed E-state index contributed by atoms with van der Waals surface area (Å²) >= 11 is 0. The molecule has 0 radical (unpaired) electrons. The van der Waals surface area contributed by atoms with Gasteiger partial charge in [-0.15, -0.1) is 0 Å². The van der Waals surface area contributed by atoms with Gasteiger partial charge in [-0.1, -0.05) is 36.4 Å². The predicted octanol–water partition coefficient (Wildman–Crippen LogP) is 1.69. The molecule has 0 aliphatic rings. The van der Waals surface area contributed by atoms with Crippen LogP contribution in [0.3, 0.4) is 0 Å². The first-order valence-corrected chi connectivity index (χ1v) is 7.65. The Labute approximate surface area is 131 Å². The Morgan fingerprint density at radius 3 is 1.22 bits per heavy atom. The van der Waals surface area contributed by atoms with E-state index in [9.17, 15) is 9.59 Å². The number of carbonyl (C=O) groups is 2. The normalized spacial score (nSPS) is 10.0. The minimum atomic E-state index is -4.64. The van der Waals surface area contributed by atoms with Crippen molar-refractivity contribution in [3.05, 3.63) is 71.8 Å². The van der Waals surface area contributed by atoms with Crippen LogP contribution in [0.1, 0.15) is 20.7 Å². The lowest BCUT2D eigenvalue weighted by Gasteiger charge is -2.02. The molecule has 122 valence electrons. The summed E-state index contributed by atoms with van der Waals surface area (Å²) in [6.07, 6.45) is 0. The third kappa shape index (κ3) is 8.50. The van der Waals surface area contributed by atoms with Gasteiger partial charge in [-0.05, 0) is 24.3 Å². The molecule has 8 nitrogen and oxygen atoms in total. The number of hydrogen-bond acceptors (Lipinski definition) is 5. The van der Waals surface area contributed by atoms with Crippen LogP contribution in [-0.2, 0) is 14.3 Å². The number of benzene rings is 2. The summed E-state index contributed by atoms with van der Waals surface area (Å²) in [5.74, 6) is -1.42. The van der Waals surface area contributed by atoms with Crippen molar-refractivity contribution in [3.63, 3.8) is 0 Å². The molecule has 2 aromatic carbocycles. The van der Waals surface area contributed by atoms with Gasteiger partial charge in [0.1, 0.15) is 0 Å². The summed E-state index contributed by atoms with van der Waals surface area (Å²) in [7, 11) is -4.64. The molecule has 0 unspecified atom stereocenters. The van der Waals surface area contributed by atoms with Gasteiger partial charge in [-0.2, -0.15) is 0 Å². The molecule has 0 aromatic heterocycles. The molecule has 0 saturated carbocycles. The maximum atomic E-state index is 11.5. The third-order valence-electron chi connectivity index (χ3n) is 2.21. The number of phosphoric acid groups is 1. The van der Waals surface area contributed by atoms with E-state index in [-0.39, 0.29) is 0 Å². The zero-order chi connectivity index (χ0) is 17.3. The molecular formula is C14H13O8P. The molecule has 0 bridgehead atoms. The fourth-order valence-corrected chi connectivity index (χ4v) is 1.32. The zero-order valence-electron chi connectivity index (χ0n) is 11.6. The van der Waals surface area contributed by atoms with Crippen molar-refractivity contribution in [2.45, 2.75) is 0 Å². The Morgan fingerprint density at radius 2 is 0.957 bits per heavy atom. The van der Waals surface area contributed by atoms with Gasteiger partial charge in [0.2, 0.25) is 0 Å². The summed E-state index contributed by atoms with van der Waals surface area (Å²) in [4.78, 5) is 53.4. The van der Waals surface area contributed by atoms with Gasteiger partial charge in [0.05, 0.1) is 11.1 Å². The SMILES string of the molecule is O=C(OOC(=O)c1ccccc1)c1ccccc1.O=P(O)(O)O. The lowest BCUT2D eigenvalue weighted by Crippen LogP contribution is -2.11. The largest absolute Gasteiger partial charge is 0.466 e. The fraction of sp³-hybridized carbons (Fsp3) is 0. The van der Waals surface area contributed by atoms with Gasteiger partial charge >= 0.3 is 19.8 Å². The molecule has 0 spiro atoms. The second-order valence-corrected chi connectivity index (χ2v) is 5.01. The van der Waals surface area contributed by atoms with E-state index < -0.39 is 19.8 Å². The second-order valence-electron chi connectivity index (χ2n) is 3.99. The van der Waals surface area contributed by atoms with Crippen LogP contribution in [0.5, 0.6) is 0 Å². The molecule has 0 atom stereocenters. The standard InChI is InChI=1S/C14H10O4.H3O4P/c15-13(11-7-3-1-4-8-11)17-18-14(16)12-9-5-2-6-10-12;1-5(2,3)4/h1-10H;(H3,1,2,3,4). The van der Waals surface area contributed by atoms with E-state index in [1.165, 1.54) is 0 Å². The topological polar surface area (TPSA) is 130 Å². The lowest BCUT2D eigenvalue weighted by atomic mass is 10.2. The molecule has 0 fully saturated rings. The average Bonchev–Trinajstić information content (AvgIpc) is 2.52. The predicted molar refractivity (Wildman–Crippen MR) is 78.0 cm³/mol. The minimum absolute atomic E-state index is 0.318. The highest BCUT2D eigenvalue weighted by Gasteiger charge is 2.12. The Morgan fingerprint density at radius 1 is 0.696 bits per heavy atom. The first-order valence-electron chi connectivity index (χ1n) is 6.09. The van der Waals surface area contributed by atoms with E-state index in [0.29, 0.717) is 11.1 Å². The first-order chi connectivity index (χ1) is 10.8. The Hall–Kier alpha value is -2.51. The van der Waals surface area contributed by atoms with Crippen LogP contribution in [0.25, 0.3) is 0 Å². The van der Waals surface area contributed by atoms with Crippen molar-refractivity contribution in [2.24, 2.45) is 0 Å². The van der Waals surface area contributed by atoms with Gasteiger partial charge in [0.15, 0.2) is 0 Å². The highest BCUT2D eigenvalue weighted by atomic mass is 31.2. The molecule has 3 N–H and O–H groups in total. The third-order valence-corrected chi connectivity index (χ3v) is 2.21. The van der Waals surface area contributed by atoms with E-state index in [1.54, 1.807) is 60.7 Å². The Balaban J connectivity index is 0.000000463. The van der Waals surface area contributed by atoms with Gasteiger partial charge in [-0.3, -0.25) is 0 Å². The Kier molecular flexibility index (Phi) is 7.11. The monoisotopic (exact) mass is 340 g/mol. The van der Waals surface area contributed by atoms with Gasteiger partial charge in [0, 0.05) is 0 Å². The molecular weight excluding hydrogens is 327 g/mol. The summed E-state index contributed by atoms with van der Waals surface area (Å²) < 4.78 is 8.88. The van der Waals surface area contributed by atoms with Crippen LogP contribution in [-0.4, -0.2) is 26.6 Å². The van der Waals surface area contributed by atoms with Crippen molar-refractivity contribution >= 4 is 19.8 Å². The van der Waals surface area contributed by atoms with Crippen LogP contribution in [0.15, 0.2) is 60.7 Å². The molecule has 2 rings (SSSR count). The van der Waals surface area contributed by atoms with Crippen molar-refractivity contribution < 1.29 is 38.6 Å². The van der Waals surface area contributed by atoms with Crippen molar-refractivity contribution in [1.82, 2.24) is 0 Å². The van der Waals surface area contributed by atoms with Crippen LogP contribution in [0, 0.1) is 0 Å². The van der Waals surface area contributed by atoms with E-state index in [1.807, 2.05) is 0 Å². The van der Waals surface area contributed by atoms with E-state index in [2.05, 4.69) is 9.78 Å². The van der Waals surface area contributed by atoms with Gasteiger partial charge in [0.25, 0.3) is 0 Å². The zero-order valence-corrected chi connectivity index (χ0v) is 12.5. The van der Waals surface area contributed by atoms with Gasteiger partial charge < -0.3 is 14.7 Å². The quantitative estimate of drug-likeness (QED) is 0.428. The maximum absolute atomic E-state index is 11.5. The highest BCUT2D eigenvalue weighted by molar-refractivity contribution is 7.45. The molecule has 0 aliphatic heterocycles. The summed E-state index contributed by atoms with van der Waals surface area (Å²) in [6, 6.07) is 16.6. The lowest BCUT2D eigenvalue weighted by molar-refractivity contribution is -0.187. The van der Waals surface area contributed by atoms with E-state index in [4.69, 9.17) is 19.2 Å². The molecule has 0 amide bonds. The average molecular weight is 340 g/mol. The molecule has 9 heteroatoms. The van der Waals surface area contributed by atoms with Gasteiger partial charge in [-0.25, -0.2) is 23.9 Å². The van der Waals surface area contributed by atoms with Crippen LogP contribution in [0.2, 0.25) is 0 Å². The highest BCUT2D eigenvalue weighted by Crippen LogP contribution is 2.25. The molecule has 23 heavy (non-hydrogen) atoms. The number of carbonyl (C=O) groups excluding carboxylic acids is 2. The molecule has 2 aromatic rings. The second kappa shape index (κ2) is 8.82. The van der Waals surface area contributed by atoms with Crippen LogP contribution in [0.4, 0.5) is 0 Å². The molecule has 0 heterocycles. The summed E-state index contributed by atoms with van der Waals surface area (Å²) in [6.45, 7) is 0. The first kappa shape index (κ1) is 18.5. The van der Waals surface area contributed by atoms with Crippen molar-refractivity contribution in [2.75, 3.05) is 0 Å². The molecule has 0 saturated heterocycles. The maximum Gasteiger partial charge on any atom is 0.466 e. The van der Waals surface area contributed by atoms with Crippen molar-refractivity contribution in [1.29, 1.82) is 0 Å². The fourth-order valence-electron chi connectivity index (χ4n) is 1.32. The summed E-state index contributed by atoms with van der Waals surface area (Å²) in [5.41, 5.74) is 0.636. The smallest absolute Gasteiger partial charge is 0.303 e. The summed E-state index contributed by atoms with van der Waals surface area (Å²) in [5, 5.41) is 0. The van der Waals surface area contributed by atoms with Crippen LogP contribution < -0.4 is 0 Å². The minimum Gasteiger partial charge on any atom is -0.303 e. The number of hydrogen-bond donors (Lipinski definition) is 3. The van der Waals surface area contributed by atoms with Crippen molar-refractivity contribution in [3.8, 4) is 0 Å². The van der Waals surface area contributed by atoms with E-state index >= 15 is 0 Å².